The highest BCUT2D eigenvalue weighted by molar-refractivity contribution is 9.10. The van der Waals surface area contributed by atoms with Crippen LogP contribution in [0.1, 0.15) is 31.0 Å². The van der Waals surface area contributed by atoms with Gasteiger partial charge in [0.15, 0.2) is 0 Å². The Balaban J connectivity index is 2.08. The van der Waals surface area contributed by atoms with Crippen molar-refractivity contribution in [3.63, 3.8) is 0 Å². The minimum absolute atomic E-state index is 0.365. The molecule has 3 heteroatoms. The van der Waals surface area contributed by atoms with Crippen molar-refractivity contribution in [2.75, 3.05) is 6.54 Å². The molecular weight excluding hydrogens is 314 g/mol. The molecule has 1 N–H and O–H groups in total. The first kappa shape index (κ1) is 15.1. The van der Waals surface area contributed by atoms with Crippen LogP contribution in [0, 0.1) is 6.92 Å². The molecule has 0 aliphatic rings. The maximum Gasteiger partial charge on any atom is 0.127 e. The molecule has 0 heterocycles. The third-order valence-electron chi connectivity index (χ3n) is 3.26. The van der Waals surface area contributed by atoms with Gasteiger partial charge in [0.2, 0.25) is 0 Å². The number of halogens is 1. The average molecular weight is 334 g/mol. The van der Waals surface area contributed by atoms with Gasteiger partial charge in [0.25, 0.3) is 0 Å². The van der Waals surface area contributed by atoms with Crippen LogP contribution in [0.25, 0.3) is 0 Å². The minimum Gasteiger partial charge on any atom is -0.457 e. The van der Waals surface area contributed by atoms with Gasteiger partial charge < -0.3 is 10.1 Å². The highest BCUT2D eigenvalue weighted by Gasteiger charge is 2.04. The molecule has 2 rings (SSSR count). The predicted octanol–water partition coefficient (Wildman–Crippen LogP) is 5.22. The zero-order valence-electron chi connectivity index (χ0n) is 12.1. The fraction of sp³-hybridized carbons (Fsp3) is 0.294. The Morgan fingerprint density at radius 3 is 2.35 bits per heavy atom. The molecule has 0 bridgehead atoms. The quantitative estimate of drug-likeness (QED) is 0.809. The van der Waals surface area contributed by atoms with Crippen molar-refractivity contribution in [3.05, 3.63) is 58.1 Å². The normalized spacial score (nSPS) is 12.2. The van der Waals surface area contributed by atoms with Crippen LogP contribution in [0.5, 0.6) is 11.5 Å². The van der Waals surface area contributed by atoms with E-state index in [0.717, 1.165) is 22.5 Å². The first-order valence-electron chi connectivity index (χ1n) is 6.87. The minimum atomic E-state index is 0.365. The summed E-state index contributed by atoms with van der Waals surface area (Å²) in [5.74, 6) is 1.72. The summed E-state index contributed by atoms with van der Waals surface area (Å²) in [5, 5.41) is 3.40. The topological polar surface area (TPSA) is 21.3 Å². The molecule has 20 heavy (non-hydrogen) atoms. The van der Waals surface area contributed by atoms with Gasteiger partial charge in [-0.15, -0.1) is 0 Å². The number of rotatable bonds is 5. The molecule has 0 saturated carbocycles. The fourth-order valence-electron chi connectivity index (χ4n) is 2.07. The lowest BCUT2D eigenvalue weighted by atomic mass is 10.1. The predicted molar refractivity (Wildman–Crippen MR) is 87.5 cm³/mol. The molecule has 0 aromatic heterocycles. The highest BCUT2D eigenvalue weighted by atomic mass is 79.9. The van der Waals surface area contributed by atoms with E-state index in [-0.39, 0.29) is 0 Å². The number of nitrogens with one attached hydrogen (secondary N) is 1. The van der Waals surface area contributed by atoms with E-state index in [1.54, 1.807) is 0 Å². The smallest absolute Gasteiger partial charge is 0.127 e. The Morgan fingerprint density at radius 2 is 1.75 bits per heavy atom. The molecule has 2 aromatic rings. The van der Waals surface area contributed by atoms with Crippen molar-refractivity contribution in [1.82, 2.24) is 5.32 Å². The van der Waals surface area contributed by atoms with Crippen LogP contribution in [0.4, 0.5) is 0 Å². The molecule has 0 saturated heterocycles. The van der Waals surface area contributed by atoms with E-state index >= 15 is 0 Å². The first-order chi connectivity index (χ1) is 9.60. The van der Waals surface area contributed by atoms with Gasteiger partial charge in [-0.05, 0) is 61.9 Å². The van der Waals surface area contributed by atoms with Crippen LogP contribution >= 0.6 is 15.9 Å². The van der Waals surface area contributed by atoms with Gasteiger partial charge in [0, 0.05) is 10.5 Å². The SMILES string of the molecule is CCNC(C)c1ccc(Oc2ccc(Br)c(C)c2)cc1. The lowest BCUT2D eigenvalue weighted by Crippen LogP contribution is -2.17. The summed E-state index contributed by atoms with van der Waals surface area (Å²) >= 11 is 3.49. The summed E-state index contributed by atoms with van der Waals surface area (Å²) in [6.45, 7) is 7.30. The lowest BCUT2D eigenvalue weighted by Gasteiger charge is -2.13. The Kier molecular flexibility index (Phi) is 5.21. The van der Waals surface area contributed by atoms with Gasteiger partial charge in [-0.3, -0.25) is 0 Å². The molecule has 0 spiro atoms. The van der Waals surface area contributed by atoms with Crippen LogP contribution in [-0.4, -0.2) is 6.54 Å². The Morgan fingerprint density at radius 1 is 1.10 bits per heavy atom. The monoisotopic (exact) mass is 333 g/mol. The van der Waals surface area contributed by atoms with Crippen LogP contribution in [-0.2, 0) is 0 Å². The first-order valence-corrected chi connectivity index (χ1v) is 7.66. The van der Waals surface area contributed by atoms with Crippen molar-refractivity contribution >= 4 is 15.9 Å². The molecule has 106 valence electrons. The van der Waals surface area contributed by atoms with Gasteiger partial charge in [0.1, 0.15) is 11.5 Å². The van der Waals surface area contributed by atoms with Crippen molar-refractivity contribution in [3.8, 4) is 11.5 Å². The van der Waals surface area contributed by atoms with Gasteiger partial charge in [0.05, 0.1) is 0 Å². The van der Waals surface area contributed by atoms with Crippen LogP contribution in [0.15, 0.2) is 46.9 Å². The molecule has 0 radical (unpaired) electrons. The van der Waals surface area contributed by atoms with Crippen molar-refractivity contribution in [2.24, 2.45) is 0 Å². The van der Waals surface area contributed by atoms with Gasteiger partial charge in [-0.1, -0.05) is 35.0 Å². The van der Waals surface area contributed by atoms with E-state index in [1.807, 2.05) is 30.3 Å². The number of ether oxygens (including phenoxy) is 1. The number of benzene rings is 2. The summed E-state index contributed by atoms with van der Waals surface area (Å²) in [6.07, 6.45) is 0. The molecule has 0 amide bonds. The molecule has 0 fully saturated rings. The molecule has 0 aliphatic heterocycles. The fourth-order valence-corrected chi connectivity index (χ4v) is 2.31. The number of hydrogen-bond acceptors (Lipinski definition) is 2. The van der Waals surface area contributed by atoms with Crippen molar-refractivity contribution in [2.45, 2.75) is 26.8 Å². The molecular formula is C17H20BrNO. The third kappa shape index (κ3) is 3.84. The third-order valence-corrected chi connectivity index (χ3v) is 4.15. The van der Waals surface area contributed by atoms with E-state index in [4.69, 9.17) is 4.74 Å². The van der Waals surface area contributed by atoms with E-state index in [1.165, 1.54) is 11.1 Å². The highest BCUT2D eigenvalue weighted by Crippen LogP contribution is 2.27. The molecule has 2 aromatic carbocycles. The zero-order valence-corrected chi connectivity index (χ0v) is 13.7. The van der Waals surface area contributed by atoms with Crippen LogP contribution in [0.3, 0.4) is 0 Å². The van der Waals surface area contributed by atoms with Gasteiger partial charge in [-0.25, -0.2) is 0 Å². The standard InChI is InChI=1S/C17H20BrNO/c1-4-19-13(3)14-5-7-15(8-6-14)20-16-9-10-17(18)12(2)11-16/h5-11,13,19H,4H2,1-3H3. The van der Waals surface area contributed by atoms with Crippen LogP contribution in [0.2, 0.25) is 0 Å². The van der Waals surface area contributed by atoms with Crippen molar-refractivity contribution in [1.29, 1.82) is 0 Å². The lowest BCUT2D eigenvalue weighted by molar-refractivity contribution is 0.481. The van der Waals surface area contributed by atoms with E-state index in [0.29, 0.717) is 6.04 Å². The summed E-state index contributed by atoms with van der Waals surface area (Å²) < 4.78 is 6.96. The molecule has 0 aliphatic carbocycles. The van der Waals surface area contributed by atoms with Gasteiger partial charge >= 0.3 is 0 Å². The largest absolute Gasteiger partial charge is 0.457 e. The second-order valence-electron chi connectivity index (χ2n) is 4.86. The summed E-state index contributed by atoms with van der Waals surface area (Å²) in [7, 11) is 0. The number of hydrogen-bond donors (Lipinski definition) is 1. The van der Waals surface area contributed by atoms with Crippen LogP contribution < -0.4 is 10.1 Å². The Labute approximate surface area is 129 Å². The second-order valence-corrected chi connectivity index (χ2v) is 5.72. The maximum absolute atomic E-state index is 5.87. The van der Waals surface area contributed by atoms with E-state index in [2.05, 4.69) is 54.2 Å². The second kappa shape index (κ2) is 6.91. The molecule has 1 atom stereocenters. The van der Waals surface area contributed by atoms with E-state index < -0.39 is 0 Å². The van der Waals surface area contributed by atoms with Gasteiger partial charge in [-0.2, -0.15) is 0 Å². The molecule has 1 unspecified atom stereocenters. The molecule has 2 nitrogen and oxygen atoms in total. The van der Waals surface area contributed by atoms with E-state index in [9.17, 15) is 0 Å². The van der Waals surface area contributed by atoms with Crippen molar-refractivity contribution < 1.29 is 4.74 Å². The zero-order chi connectivity index (χ0) is 14.5. The summed E-state index contributed by atoms with van der Waals surface area (Å²) in [4.78, 5) is 0. The average Bonchev–Trinajstić information content (AvgIpc) is 2.44. The Hall–Kier alpha value is -1.32. The maximum atomic E-state index is 5.87. The summed E-state index contributed by atoms with van der Waals surface area (Å²) in [5.41, 5.74) is 2.44. The number of aryl methyl sites for hydroxylation is 1. The summed E-state index contributed by atoms with van der Waals surface area (Å²) in [6, 6.07) is 14.6. The Bertz CT molecular complexity index is 566.